The first-order chi connectivity index (χ1) is 23.8. The summed E-state index contributed by atoms with van der Waals surface area (Å²) in [6, 6.07) is 27.4. The van der Waals surface area contributed by atoms with Crippen molar-refractivity contribution in [2.24, 2.45) is 10.4 Å². The van der Waals surface area contributed by atoms with E-state index in [0.29, 0.717) is 46.9 Å². The zero-order valence-electron chi connectivity index (χ0n) is 28.5. The van der Waals surface area contributed by atoms with E-state index in [1.165, 1.54) is 25.1 Å². The molecule has 0 bridgehead atoms. The van der Waals surface area contributed by atoms with Crippen molar-refractivity contribution < 1.29 is 41.1 Å². The van der Waals surface area contributed by atoms with Gasteiger partial charge in [-0.3, -0.25) is 0 Å². The van der Waals surface area contributed by atoms with Gasteiger partial charge in [0.05, 0.1) is 19.8 Å². The lowest BCUT2D eigenvalue weighted by Gasteiger charge is -2.42. The van der Waals surface area contributed by atoms with Crippen LogP contribution in [0.4, 0.5) is 17.6 Å². The molecule has 0 aromatic heterocycles. The number of aliphatic imine (C=N–C) groups is 1. The Hall–Kier alpha value is -4.55. The van der Waals surface area contributed by atoms with E-state index in [4.69, 9.17) is 28.5 Å². The fourth-order valence-corrected chi connectivity index (χ4v) is 6.48. The molecule has 2 aliphatic rings. The Morgan fingerprint density at radius 3 is 1.84 bits per heavy atom. The summed E-state index contributed by atoms with van der Waals surface area (Å²) in [4.78, 5) is 4.76. The number of methoxy groups -OCH3 is 2. The molecule has 1 saturated heterocycles. The van der Waals surface area contributed by atoms with Crippen LogP contribution in [-0.4, -0.2) is 52.9 Å². The van der Waals surface area contributed by atoms with Crippen LogP contribution in [0, 0.1) is 11.2 Å². The van der Waals surface area contributed by atoms with Gasteiger partial charge >= 0.3 is 13.3 Å². The Bertz CT molecular complexity index is 1760. The Kier molecular flexibility index (Phi) is 9.63. The lowest BCUT2D eigenvalue weighted by atomic mass is 9.73. The highest BCUT2D eigenvalue weighted by Gasteiger charge is 2.52. The zero-order valence-corrected chi connectivity index (χ0v) is 28.5. The molecule has 0 amide bonds. The van der Waals surface area contributed by atoms with Gasteiger partial charge in [-0.2, -0.15) is 13.2 Å². The molecule has 1 unspecified atom stereocenters. The first-order valence-electron chi connectivity index (χ1n) is 16.3. The predicted molar refractivity (Wildman–Crippen MR) is 183 cm³/mol. The minimum absolute atomic E-state index is 0.0388. The number of nitrogens with one attached hydrogen (secondary N) is 1. The van der Waals surface area contributed by atoms with E-state index in [-0.39, 0.29) is 11.0 Å². The van der Waals surface area contributed by atoms with E-state index >= 15 is 4.39 Å². The highest BCUT2D eigenvalue weighted by atomic mass is 19.4. The second-order valence-electron chi connectivity index (χ2n) is 13.6. The number of ether oxygens (including phenoxy) is 3. The third kappa shape index (κ3) is 7.04. The van der Waals surface area contributed by atoms with Crippen molar-refractivity contribution in [3.05, 3.63) is 125 Å². The van der Waals surface area contributed by atoms with E-state index in [1.54, 1.807) is 38.5 Å². The molecule has 0 aliphatic carbocycles. The van der Waals surface area contributed by atoms with Crippen molar-refractivity contribution in [2.45, 2.75) is 50.6 Å². The minimum Gasteiger partial charge on any atom is -0.497 e. The molecule has 262 valence electrons. The fraction of sp³-hybridized carbons (Fsp3) is 0.342. The normalized spacial score (nSPS) is 20.8. The number of alkyl halides is 3. The highest BCUT2D eigenvalue weighted by molar-refractivity contribution is 6.61. The molecule has 0 radical (unpaired) electrons. The second-order valence-corrected chi connectivity index (χ2v) is 13.6. The van der Waals surface area contributed by atoms with Crippen molar-refractivity contribution in [3.8, 4) is 11.5 Å². The SMILES string of the molecule is COc1ccc(C(NC2=NC(C)(c3cc(B4OCC(C)(C)CO4)ccc3F)C[C@@H](C(F)(F)F)O2)(c2ccccc2)c2ccc(OC)cc2)cc1. The van der Waals surface area contributed by atoms with Crippen LogP contribution in [0.3, 0.4) is 0 Å². The molecule has 2 atom stereocenters. The molecule has 1 N–H and O–H groups in total. The predicted octanol–water partition coefficient (Wildman–Crippen LogP) is 7.12. The molecule has 2 aliphatic heterocycles. The third-order valence-corrected chi connectivity index (χ3v) is 9.19. The molecule has 50 heavy (non-hydrogen) atoms. The number of benzene rings is 4. The summed E-state index contributed by atoms with van der Waals surface area (Å²) in [5.41, 5.74) is -0.841. The zero-order chi connectivity index (χ0) is 35.7. The summed E-state index contributed by atoms with van der Waals surface area (Å²) in [5.74, 6) is 0.468. The van der Waals surface area contributed by atoms with Gasteiger partial charge in [-0.25, -0.2) is 9.38 Å². The number of hydrogen-bond donors (Lipinski definition) is 1. The number of nitrogens with zero attached hydrogens (tertiary/aromatic N) is 1. The number of amidine groups is 1. The Morgan fingerprint density at radius 1 is 0.780 bits per heavy atom. The molecule has 0 spiro atoms. The molecule has 7 nitrogen and oxygen atoms in total. The molecule has 4 aromatic carbocycles. The van der Waals surface area contributed by atoms with Gasteiger partial charge in [0.2, 0.25) is 0 Å². The van der Waals surface area contributed by atoms with Crippen LogP contribution in [0.5, 0.6) is 11.5 Å². The van der Waals surface area contributed by atoms with Crippen LogP contribution < -0.4 is 20.3 Å². The van der Waals surface area contributed by atoms with Gasteiger partial charge in [-0.15, -0.1) is 0 Å². The van der Waals surface area contributed by atoms with Crippen molar-refractivity contribution in [3.63, 3.8) is 0 Å². The van der Waals surface area contributed by atoms with Gasteiger partial charge in [-0.1, -0.05) is 80.6 Å². The van der Waals surface area contributed by atoms with E-state index in [2.05, 4.69) is 5.32 Å². The molecule has 2 heterocycles. The first-order valence-corrected chi connectivity index (χ1v) is 16.3. The lowest BCUT2D eigenvalue weighted by molar-refractivity contribution is -0.209. The summed E-state index contributed by atoms with van der Waals surface area (Å²) in [7, 11) is 2.29. The maximum Gasteiger partial charge on any atom is 0.493 e. The average molecular weight is 691 g/mol. The van der Waals surface area contributed by atoms with Crippen molar-refractivity contribution in [1.29, 1.82) is 0 Å². The molecule has 6 rings (SSSR count). The molecule has 12 heteroatoms. The summed E-state index contributed by atoms with van der Waals surface area (Å²) >= 11 is 0. The highest BCUT2D eigenvalue weighted by Crippen LogP contribution is 2.43. The van der Waals surface area contributed by atoms with E-state index in [9.17, 15) is 13.2 Å². The van der Waals surface area contributed by atoms with Crippen LogP contribution in [0.1, 0.15) is 49.4 Å². The fourth-order valence-electron chi connectivity index (χ4n) is 6.48. The Balaban J connectivity index is 1.52. The quantitative estimate of drug-likeness (QED) is 0.121. The van der Waals surface area contributed by atoms with Crippen LogP contribution in [0.15, 0.2) is 102 Å². The smallest absolute Gasteiger partial charge is 0.493 e. The largest absolute Gasteiger partial charge is 0.497 e. The summed E-state index contributed by atoms with van der Waals surface area (Å²) in [5, 5.41) is 3.30. The monoisotopic (exact) mass is 690 g/mol. The molecular weight excluding hydrogens is 651 g/mol. The maximum atomic E-state index is 15.8. The minimum atomic E-state index is -4.80. The molecule has 1 fully saturated rings. The second kappa shape index (κ2) is 13.6. The standard InChI is InChI=1S/C38H39BF4N2O5/c1-35(2)23-48-39(49-24-35)28-15-20-32(40)31(21-28)36(3)22-33(38(41,42)43)50-34(44-36)45-37(25-9-7-6-8-10-25,26-11-16-29(46-4)17-12-26)27-13-18-30(47-5)19-14-27/h6-21,33H,22-24H2,1-5H3,(H,44,45)/t33-,36?/m0/s1. The first kappa shape index (κ1) is 35.3. The van der Waals surface area contributed by atoms with E-state index in [1.807, 2.05) is 68.4 Å². The topological polar surface area (TPSA) is 70.5 Å². The van der Waals surface area contributed by atoms with Crippen LogP contribution in [0.2, 0.25) is 0 Å². The number of hydrogen-bond acceptors (Lipinski definition) is 7. The van der Waals surface area contributed by atoms with Crippen LogP contribution in [-0.2, 0) is 25.1 Å². The Morgan fingerprint density at radius 2 is 1.32 bits per heavy atom. The van der Waals surface area contributed by atoms with E-state index in [0.717, 1.165) is 0 Å². The van der Waals surface area contributed by atoms with Gasteiger partial charge < -0.3 is 28.8 Å². The lowest BCUT2D eigenvalue weighted by Crippen LogP contribution is -2.54. The maximum absolute atomic E-state index is 15.8. The van der Waals surface area contributed by atoms with Crippen molar-refractivity contribution >= 4 is 18.6 Å². The van der Waals surface area contributed by atoms with Crippen molar-refractivity contribution in [2.75, 3.05) is 27.4 Å². The van der Waals surface area contributed by atoms with Gasteiger partial charge in [0, 0.05) is 30.6 Å². The van der Waals surface area contributed by atoms with Crippen molar-refractivity contribution in [1.82, 2.24) is 5.32 Å². The van der Waals surface area contributed by atoms with Gasteiger partial charge in [0.25, 0.3) is 6.02 Å². The number of rotatable bonds is 8. The summed E-state index contributed by atoms with van der Waals surface area (Å²) < 4.78 is 88.3. The molecular formula is C38H39BF4N2O5. The molecule has 0 saturated carbocycles. The van der Waals surface area contributed by atoms with Gasteiger partial charge in [0.15, 0.2) is 6.10 Å². The Labute approximate surface area is 289 Å². The third-order valence-electron chi connectivity index (χ3n) is 9.19. The van der Waals surface area contributed by atoms with E-state index < -0.39 is 48.7 Å². The summed E-state index contributed by atoms with van der Waals surface area (Å²) in [6.45, 7) is 6.27. The van der Waals surface area contributed by atoms with Gasteiger partial charge in [-0.05, 0) is 59.4 Å². The van der Waals surface area contributed by atoms with Crippen LogP contribution >= 0.6 is 0 Å². The molecule has 4 aromatic rings. The summed E-state index contributed by atoms with van der Waals surface area (Å²) in [6.07, 6.45) is -7.77. The van der Waals surface area contributed by atoms with Crippen LogP contribution in [0.25, 0.3) is 0 Å². The average Bonchev–Trinajstić information content (AvgIpc) is 3.11. The number of halogens is 4. The van der Waals surface area contributed by atoms with Gasteiger partial charge in [0.1, 0.15) is 22.9 Å².